The van der Waals surface area contributed by atoms with Gasteiger partial charge in [0, 0.05) is 24.5 Å². The van der Waals surface area contributed by atoms with Crippen molar-refractivity contribution in [1.29, 1.82) is 0 Å². The molecule has 0 atom stereocenters. The highest BCUT2D eigenvalue weighted by atomic mass is 32.2. The number of benzene rings is 1. The van der Waals surface area contributed by atoms with E-state index in [2.05, 4.69) is 5.32 Å². The molecule has 124 valence electrons. The fourth-order valence-corrected chi connectivity index (χ4v) is 3.12. The highest BCUT2D eigenvalue weighted by molar-refractivity contribution is 7.90. The topological polar surface area (TPSA) is 94.2 Å². The Kier molecular flexibility index (Phi) is 4.63. The number of aryl methyl sites for hydroxylation is 1. The number of amides is 1. The summed E-state index contributed by atoms with van der Waals surface area (Å²) in [5, 5.41) is 2.76. The molecule has 0 saturated carbocycles. The van der Waals surface area contributed by atoms with E-state index in [-0.39, 0.29) is 22.9 Å². The van der Waals surface area contributed by atoms with Gasteiger partial charge in [-0.2, -0.15) is 0 Å². The molecule has 0 fully saturated rings. The van der Waals surface area contributed by atoms with Crippen molar-refractivity contribution in [2.24, 2.45) is 5.73 Å². The van der Waals surface area contributed by atoms with Crippen LogP contribution >= 0.6 is 0 Å². The van der Waals surface area contributed by atoms with Gasteiger partial charge in [0.2, 0.25) is 0 Å². The molecule has 0 aliphatic carbocycles. The lowest BCUT2D eigenvalue weighted by molar-refractivity contribution is 0.0916. The standard InChI is InChI=1S/C16H21N3O3S/c1-12-4-6-14(7-5-12)23(21,22)19-9-8-13(10-19)15(20)18-16(2,3)11-17/h4-10H,11,17H2,1-3H3,(H,18,20). The van der Waals surface area contributed by atoms with Gasteiger partial charge in [-0.1, -0.05) is 17.7 Å². The SMILES string of the molecule is Cc1ccc(S(=O)(=O)n2ccc(C(=O)NC(C)(C)CN)c2)cc1. The van der Waals surface area contributed by atoms with Crippen LogP contribution in [0, 0.1) is 6.92 Å². The maximum Gasteiger partial charge on any atom is 0.267 e. The van der Waals surface area contributed by atoms with E-state index in [1.54, 1.807) is 38.1 Å². The van der Waals surface area contributed by atoms with E-state index in [0.717, 1.165) is 9.54 Å². The number of hydrogen-bond donors (Lipinski definition) is 2. The first-order valence-electron chi connectivity index (χ1n) is 7.18. The van der Waals surface area contributed by atoms with E-state index in [1.807, 2.05) is 6.92 Å². The maximum absolute atomic E-state index is 12.5. The van der Waals surface area contributed by atoms with E-state index in [1.165, 1.54) is 18.5 Å². The highest BCUT2D eigenvalue weighted by Crippen LogP contribution is 2.16. The van der Waals surface area contributed by atoms with E-state index in [0.29, 0.717) is 0 Å². The van der Waals surface area contributed by atoms with Crippen molar-refractivity contribution in [2.75, 3.05) is 6.54 Å². The van der Waals surface area contributed by atoms with Gasteiger partial charge in [0.05, 0.1) is 10.5 Å². The van der Waals surface area contributed by atoms with Crippen LogP contribution in [-0.2, 0) is 10.0 Å². The van der Waals surface area contributed by atoms with E-state index in [4.69, 9.17) is 5.73 Å². The Bertz CT molecular complexity index is 805. The lowest BCUT2D eigenvalue weighted by Gasteiger charge is -2.23. The molecule has 1 aromatic carbocycles. The molecule has 2 aromatic rings. The van der Waals surface area contributed by atoms with E-state index >= 15 is 0 Å². The van der Waals surface area contributed by atoms with Crippen molar-refractivity contribution in [3.8, 4) is 0 Å². The van der Waals surface area contributed by atoms with E-state index in [9.17, 15) is 13.2 Å². The van der Waals surface area contributed by atoms with Crippen LogP contribution in [0.2, 0.25) is 0 Å². The summed E-state index contributed by atoms with van der Waals surface area (Å²) in [6, 6.07) is 8.01. The number of aromatic nitrogens is 1. The van der Waals surface area contributed by atoms with Crippen LogP contribution in [0.1, 0.15) is 29.8 Å². The second kappa shape index (κ2) is 6.17. The minimum absolute atomic E-state index is 0.174. The van der Waals surface area contributed by atoms with Gasteiger partial charge in [-0.15, -0.1) is 0 Å². The number of rotatable bonds is 5. The molecule has 23 heavy (non-hydrogen) atoms. The smallest absolute Gasteiger partial charge is 0.267 e. The zero-order valence-electron chi connectivity index (χ0n) is 13.4. The second-order valence-corrected chi connectivity index (χ2v) is 7.93. The average Bonchev–Trinajstić information content (AvgIpc) is 2.98. The Balaban J connectivity index is 2.28. The third-order valence-electron chi connectivity index (χ3n) is 3.49. The predicted molar refractivity (Wildman–Crippen MR) is 88.8 cm³/mol. The van der Waals surface area contributed by atoms with Gasteiger partial charge < -0.3 is 11.1 Å². The Morgan fingerprint density at radius 3 is 2.39 bits per heavy atom. The molecule has 0 spiro atoms. The third-order valence-corrected chi connectivity index (χ3v) is 5.14. The van der Waals surface area contributed by atoms with Crippen molar-refractivity contribution in [3.63, 3.8) is 0 Å². The largest absolute Gasteiger partial charge is 0.346 e. The molecular weight excluding hydrogens is 314 g/mol. The average molecular weight is 335 g/mol. The summed E-state index contributed by atoms with van der Waals surface area (Å²) in [5.41, 5.74) is 6.26. The molecule has 1 aromatic heterocycles. The van der Waals surface area contributed by atoms with Gasteiger partial charge in [0.25, 0.3) is 15.9 Å². The fourth-order valence-electron chi connectivity index (χ4n) is 1.92. The number of carbonyl (C=O) groups excluding carboxylic acids is 1. The summed E-state index contributed by atoms with van der Waals surface area (Å²) < 4.78 is 26.1. The van der Waals surface area contributed by atoms with Gasteiger partial charge >= 0.3 is 0 Å². The molecule has 3 N–H and O–H groups in total. The van der Waals surface area contributed by atoms with Gasteiger partial charge in [0.1, 0.15) is 0 Å². The van der Waals surface area contributed by atoms with Crippen LogP contribution in [-0.4, -0.2) is 30.4 Å². The van der Waals surface area contributed by atoms with Crippen molar-refractivity contribution in [1.82, 2.24) is 9.29 Å². The Morgan fingerprint density at radius 1 is 1.22 bits per heavy atom. The number of nitrogens with one attached hydrogen (secondary N) is 1. The molecule has 0 saturated heterocycles. The quantitative estimate of drug-likeness (QED) is 0.866. The Hall–Kier alpha value is -2.12. The summed E-state index contributed by atoms with van der Waals surface area (Å²) >= 11 is 0. The number of carbonyl (C=O) groups is 1. The first kappa shape index (κ1) is 17.2. The van der Waals surface area contributed by atoms with Crippen LogP contribution in [0.25, 0.3) is 0 Å². The minimum atomic E-state index is -3.71. The number of nitrogens with two attached hydrogens (primary N) is 1. The maximum atomic E-state index is 12.5. The first-order valence-corrected chi connectivity index (χ1v) is 8.62. The normalized spacial score (nSPS) is 12.2. The predicted octanol–water partition coefficient (Wildman–Crippen LogP) is 1.50. The number of nitrogens with zero attached hydrogens (tertiary/aromatic N) is 1. The molecule has 6 nitrogen and oxygen atoms in total. The lowest BCUT2D eigenvalue weighted by Crippen LogP contribution is -2.48. The molecular formula is C16H21N3O3S. The fraction of sp³-hybridized carbons (Fsp3) is 0.312. The van der Waals surface area contributed by atoms with Crippen molar-refractivity contribution in [2.45, 2.75) is 31.2 Å². The van der Waals surface area contributed by atoms with Crippen molar-refractivity contribution >= 4 is 15.9 Å². The van der Waals surface area contributed by atoms with Gasteiger partial charge in [-0.25, -0.2) is 12.4 Å². The molecule has 0 unspecified atom stereocenters. The molecule has 1 heterocycles. The van der Waals surface area contributed by atoms with Crippen molar-refractivity contribution in [3.05, 3.63) is 53.9 Å². The molecule has 1 amide bonds. The number of hydrogen-bond acceptors (Lipinski definition) is 4. The van der Waals surface area contributed by atoms with Crippen LogP contribution in [0.15, 0.2) is 47.6 Å². The zero-order chi connectivity index (χ0) is 17.3. The Morgan fingerprint density at radius 2 is 1.83 bits per heavy atom. The summed E-state index contributed by atoms with van der Waals surface area (Å²) in [6.07, 6.45) is 2.66. The molecule has 0 aliphatic heterocycles. The molecule has 7 heteroatoms. The first-order chi connectivity index (χ1) is 10.7. The van der Waals surface area contributed by atoms with Gasteiger partial charge in [-0.3, -0.25) is 4.79 Å². The van der Waals surface area contributed by atoms with Crippen LogP contribution in [0.4, 0.5) is 0 Å². The monoisotopic (exact) mass is 335 g/mol. The van der Waals surface area contributed by atoms with E-state index < -0.39 is 15.6 Å². The Labute approximate surface area is 136 Å². The highest BCUT2D eigenvalue weighted by Gasteiger charge is 2.22. The summed E-state index contributed by atoms with van der Waals surface area (Å²) in [7, 11) is -3.71. The molecule has 2 rings (SSSR count). The van der Waals surface area contributed by atoms with Gasteiger partial charge in [0.15, 0.2) is 0 Å². The molecule has 0 aliphatic rings. The zero-order valence-corrected chi connectivity index (χ0v) is 14.2. The summed E-state index contributed by atoms with van der Waals surface area (Å²) in [4.78, 5) is 12.3. The summed E-state index contributed by atoms with van der Waals surface area (Å²) in [6.45, 7) is 5.75. The van der Waals surface area contributed by atoms with Crippen molar-refractivity contribution < 1.29 is 13.2 Å². The third kappa shape index (κ3) is 3.80. The second-order valence-electron chi connectivity index (χ2n) is 6.09. The molecule has 0 radical (unpaired) electrons. The summed E-state index contributed by atoms with van der Waals surface area (Å²) in [5.74, 6) is -0.363. The minimum Gasteiger partial charge on any atom is -0.346 e. The van der Waals surface area contributed by atoms with Crippen LogP contribution in [0.3, 0.4) is 0 Å². The molecule has 0 bridgehead atoms. The lowest BCUT2D eigenvalue weighted by atomic mass is 10.1. The van der Waals surface area contributed by atoms with Gasteiger partial charge in [-0.05, 0) is 39.0 Å². The van der Waals surface area contributed by atoms with Crippen LogP contribution in [0.5, 0.6) is 0 Å². The van der Waals surface area contributed by atoms with Crippen LogP contribution < -0.4 is 11.1 Å².